The van der Waals surface area contributed by atoms with Crippen molar-refractivity contribution in [3.8, 4) is 0 Å². The Hall–Kier alpha value is -2.62. The van der Waals surface area contributed by atoms with Crippen molar-refractivity contribution in [3.63, 3.8) is 0 Å². The first-order valence-electron chi connectivity index (χ1n) is 10.7. The van der Waals surface area contributed by atoms with Crippen molar-refractivity contribution < 1.29 is 17.9 Å². The zero-order valence-electron chi connectivity index (χ0n) is 19.1. The van der Waals surface area contributed by atoms with Crippen molar-refractivity contribution in [1.82, 2.24) is 10.6 Å². The number of methoxy groups -OCH3 is 1. The molecule has 1 fully saturated rings. The molecule has 0 unspecified atom stereocenters. The van der Waals surface area contributed by atoms with Crippen LogP contribution in [0.1, 0.15) is 27.0 Å². The van der Waals surface area contributed by atoms with Gasteiger partial charge in [0.1, 0.15) is 0 Å². The number of sulfonamides is 1. The maximum atomic E-state index is 13.4. The number of aryl methyl sites for hydroxylation is 3. The van der Waals surface area contributed by atoms with Crippen LogP contribution in [0, 0.1) is 20.8 Å². The average molecular weight is 461 g/mol. The Morgan fingerprint density at radius 1 is 1.09 bits per heavy atom. The van der Waals surface area contributed by atoms with E-state index in [4.69, 9.17) is 4.74 Å². The summed E-state index contributed by atoms with van der Waals surface area (Å²) < 4.78 is 34.6. The molecule has 8 nitrogen and oxygen atoms in total. The highest BCUT2D eigenvalue weighted by atomic mass is 32.2. The maximum absolute atomic E-state index is 13.4. The van der Waals surface area contributed by atoms with Crippen LogP contribution in [0.2, 0.25) is 0 Å². The number of anilines is 2. The molecule has 3 rings (SSSR count). The first-order chi connectivity index (χ1) is 15.2. The molecule has 0 bridgehead atoms. The normalized spacial score (nSPS) is 14.3. The molecule has 1 aliphatic heterocycles. The predicted octanol–water partition coefficient (Wildman–Crippen LogP) is 2.20. The van der Waals surface area contributed by atoms with Gasteiger partial charge in [-0.15, -0.1) is 0 Å². The van der Waals surface area contributed by atoms with Crippen molar-refractivity contribution in [2.24, 2.45) is 0 Å². The highest BCUT2D eigenvalue weighted by Gasteiger charge is 2.24. The first-order valence-corrected chi connectivity index (χ1v) is 12.2. The lowest BCUT2D eigenvalue weighted by Crippen LogP contribution is -2.43. The molecule has 0 saturated carbocycles. The summed E-state index contributed by atoms with van der Waals surface area (Å²) in [6.45, 7) is 9.42. The summed E-state index contributed by atoms with van der Waals surface area (Å²) in [4.78, 5) is 15.0. The SMILES string of the molecule is COCCNC(=O)c1ccc(N2CCNCC2)c(NS(=O)(=O)c2c(C)cc(C)cc2C)c1. The molecule has 174 valence electrons. The second kappa shape index (κ2) is 10.3. The highest BCUT2D eigenvalue weighted by Crippen LogP contribution is 2.31. The highest BCUT2D eigenvalue weighted by molar-refractivity contribution is 7.92. The van der Waals surface area contributed by atoms with E-state index in [1.165, 1.54) is 0 Å². The van der Waals surface area contributed by atoms with Crippen LogP contribution in [-0.2, 0) is 14.8 Å². The molecule has 1 saturated heterocycles. The van der Waals surface area contributed by atoms with E-state index in [9.17, 15) is 13.2 Å². The van der Waals surface area contributed by atoms with E-state index in [1.807, 2.05) is 25.1 Å². The van der Waals surface area contributed by atoms with Gasteiger partial charge in [0.05, 0.1) is 22.9 Å². The zero-order valence-corrected chi connectivity index (χ0v) is 19.9. The summed E-state index contributed by atoms with van der Waals surface area (Å²) in [6, 6.07) is 8.86. The predicted molar refractivity (Wildman–Crippen MR) is 127 cm³/mol. The number of carbonyl (C=O) groups excluding carboxylic acids is 1. The molecule has 0 radical (unpaired) electrons. The summed E-state index contributed by atoms with van der Waals surface area (Å²) in [7, 11) is -2.29. The molecule has 9 heteroatoms. The number of nitrogens with one attached hydrogen (secondary N) is 3. The van der Waals surface area contributed by atoms with E-state index in [2.05, 4.69) is 20.3 Å². The minimum atomic E-state index is -3.86. The Morgan fingerprint density at radius 2 is 1.75 bits per heavy atom. The van der Waals surface area contributed by atoms with Gasteiger partial charge in [-0.25, -0.2) is 8.42 Å². The van der Waals surface area contributed by atoms with Crippen LogP contribution in [0.5, 0.6) is 0 Å². The van der Waals surface area contributed by atoms with E-state index in [1.54, 1.807) is 33.1 Å². The van der Waals surface area contributed by atoms with Gasteiger partial charge in [-0.3, -0.25) is 9.52 Å². The molecule has 0 aliphatic carbocycles. The molecule has 32 heavy (non-hydrogen) atoms. The third kappa shape index (κ3) is 5.59. The largest absolute Gasteiger partial charge is 0.383 e. The zero-order chi connectivity index (χ0) is 23.3. The van der Waals surface area contributed by atoms with Gasteiger partial charge in [0.25, 0.3) is 15.9 Å². The lowest BCUT2D eigenvalue weighted by molar-refractivity contribution is 0.0937. The minimum Gasteiger partial charge on any atom is -0.383 e. The first kappa shape index (κ1) is 24.0. The Kier molecular flexibility index (Phi) is 7.76. The lowest BCUT2D eigenvalue weighted by Gasteiger charge is -2.31. The number of rotatable bonds is 8. The minimum absolute atomic E-state index is 0.268. The van der Waals surface area contributed by atoms with Gasteiger partial charge in [-0.05, 0) is 50.1 Å². The van der Waals surface area contributed by atoms with Crippen molar-refractivity contribution in [2.75, 3.05) is 56.1 Å². The average Bonchev–Trinajstić information content (AvgIpc) is 2.73. The number of amides is 1. The summed E-state index contributed by atoms with van der Waals surface area (Å²) in [5.74, 6) is -0.281. The third-order valence-corrected chi connectivity index (χ3v) is 7.10. The fourth-order valence-electron chi connectivity index (χ4n) is 4.10. The van der Waals surface area contributed by atoms with E-state index in [0.29, 0.717) is 35.5 Å². The van der Waals surface area contributed by atoms with Gasteiger partial charge in [-0.1, -0.05) is 17.7 Å². The molecular weight excluding hydrogens is 428 g/mol. The van der Waals surface area contributed by atoms with E-state index in [-0.39, 0.29) is 10.8 Å². The van der Waals surface area contributed by atoms with Crippen LogP contribution >= 0.6 is 0 Å². The molecule has 1 amide bonds. The Bertz CT molecular complexity index is 1060. The monoisotopic (exact) mass is 460 g/mol. The topological polar surface area (TPSA) is 99.8 Å². The molecule has 0 atom stereocenters. The standard InChI is InChI=1S/C23H32N4O4S/c1-16-13-17(2)22(18(3)14-16)32(29,30)26-20-15-19(23(28)25-9-12-31-4)5-6-21(20)27-10-7-24-8-11-27/h5-6,13-15,24,26H,7-12H2,1-4H3,(H,25,28). The Balaban J connectivity index is 1.99. The number of nitrogens with zero attached hydrogens (tertiary/aromatic N) is 1. The number of hydrogen-bond donors (Lipinski definition) is 3. The van der Waals surface area contributed by atoms with Crippen LogP contribution in [0.25, 0.3) is 0 Å². The van der Waals surface area contributed by atoms with E-state index < -0.39 is 10.0 Å². The van der Waals surface area contributed by atoms with Crippen LogP contribution in [0.15, 0.2) is 35.2 Å². The molecule has 2 aromatic carbocycles. The Morgan fingerprint density at radius 3 is 2.38 bits per heavy atom. The van der Waals surface area contributed by atoms with Crippen molar-refractivity contribution in [3.05, 3.63) is 52.6 Å². The van der Waals surface area contributed by atoms with Crippen LogP contribution in [0.4, 0.5) is 11.4 Å². The van der Waals surface area contributed by atoms with Gasteiger partial charge >= 0.3 is 0 Å². The Labute approximate surface area is 190 Å². The fourth-order valence-corrected chi connectivity index (χ4v) is 5.62. The van der Waals surface area contributed by atoms with Crippen LogP contribution < -0.4 is 20.3 Å². The van der Waals surface area contributed by atoms with Crippen molar-refractivity contribution in [2.45, 2.75) is 25.7 Å². The summed E-state index contributed by atoms with van der Waals surface area (Å²) in [5, 5.41) is 6.08. The van der Waals surface area contributed by atoms with Crippen molar-refractivity contribution in [1.29, 1.82) is 0 Å². The summed E-state index contributed by atoms with van der Waals surface area (Å²) >= 11 is 0. The van der Waals surface area contributed by atoms with E-state index in [0.717, 1.165) is 37.4 Å². The van der Waals surface area contributed by atoms with E-state index >= 15 is 0 Å². The number of carbonyl (C=O) groups is 1. The summed E-state index contributed by atoms with van der Waals surface area (Å²) in [5.41, 5.74) is 3.92. The second-order valence-electron chi connectivity index (χ2n) is 8.05. The van der Waals surface area contributed by atoms with Gasteiger partial charge < -0.3 is 20.3 Å². The van der Waals surface area contributed by atoms with Gasteiger partial charge in [0, 0.05) is 45.4 Å². The summed E-state index contributed by atoms with van der Waals surface area (Å²) in [6.07, 6.45) is 0. The van der Waals surface area contributed by atoms with Crippen LogP contribution in [0.3, 0.4) is 0 Å². The van der Waals surface area contributed by atoms with Crippen LogP contribution in [-0.4, -0.2) is 60.8 Å². The van der Waals surface area contributed by atoms with Gasteiger partial charge in [0.2, 0.25) is 0 Å². The lowest BCUT2D eigenvalue weighted by atomic mass is 10.1. The molecule has 2 aromatic rings. The second-order valence-corrected chi connectivity index (χ2v) is 9.67. The molecule has 0 aromatic heterocycles. The number of benzene rings is 2. The molecule has 1 aliphatic rings. The maximum Gasteiger partial charge on any atom is 0.262 e. The number of hydrogen-bond acceptors (Lipinski definition) is 6. The van der Waals surface area contributed by atoms with Gasteiger partial charge in [0.15, 0.2) is 0 Å². The van der Waals surface area contributed by atoms with Crippen molar-refractivity contribution >= 4 is 27.3 Å². The fraction of sp³-hybridized carbons (Fsp3) is 0.435. The number of ether oxygens (including phenoxy) is 1. The quantitative estimate of drug-likeness (QED) is 0.523. The smallest absolute Gasteiger partial charge is 0.262 e. The molecular formula is C23H32N4O4S. The number of piperazine rings is 1. The molecule has 1 heterocycles. The third-order valence-electron chi connectivity index (χ3n) is 5.43. The van der Waals surface area contributed by atoms with Gasteiger partial charge in [-0.2, -0.15) is 0 Å². The molecule has 0 spiro atoms. The molecule has 3 N–H and O–H groups in total.